The number of ether oxygens (including phenoxy) is 1. The van der Waals surface area contributed by atoms with Gasteiger partial charge in [-0.3, -0.25) is 0 Å². The van der Waals surface area contributed by atoms with E-state index < -0.39 is 0 Å². The van der Waals surface area contributed by atoms with Gasteiger partial charge in [-0.25, -0.2) is 4.39 Å². The summed E-state index contributed by atoms with van der Waals surface area (Å²) >= 11 is 0. The molecule has 2 aromatic carbocycles. The van der Waals surface area contributed by atoms with E-state index in [0.717, 1.165) is 11.3 Å². The Bertz CT molecular complexity index is 827. The van der Waals surface area contributed by atoms with Gasteiger partial charge < -0.3 is 15.4 Å². The third-order valence-electron chi connectivity index (χ3n) is 3.33. The first-order valence-electron chi connectivity index (χ1n) is 7.33. The average molecular weight is 325 g/mol. The Balaban J connectivity index is 1.70. The molecule has 0 aliphatic heterocycles. The second-order valence-corrected chi connectivity index (χ2v) is 4.94. The van der Waals surface area contributed by atoms with Crippen molar-refractivity contribution in [2.75, 3.05) is 17.7 Å². The van der Waals surface area contributed by atoms with Crippen LogP contribution in [-0.2, 0) is 6.54 Å². The van der Waals surface area contributed by atoms with Crippen LogP contribution in [0.3, 0.4) is 0 Å². The summed E-state index contributed by atoms with van der Waals surface area (Å²) in [5.41, 5.74) is 1.28. The number of anilines is 3. The lowest BCUT2D eigenvalue weighted by Gasteiger charge is -2.10. The molecule has 0 radical (unpaired) electrons. The Morgan fingerprint density at radius 3 is 2.71 bits per heavy atom. The fourth-order valence-corrected chi connectivity index (χ4v) is 2.16. The minimum atomic E-state index is -0.381. The lowest BCUT2D eigenvalue weighted by Crippen LogP contribution is -2.07. The maximum atomic E-state index is 13.7. The summed E-state index contributed by atoms with van der Waals surface area (Å²) in [6, 6.07) is 14.0. The van der Waals surface area contributed by atoms with Crippen LogP contribution >= 0.6 is 0 Å². The lowest BCUT2D eigenvalue weighted by molar-refractivity contribution is 0.410. The normalized spacial score (nSPS) is 10.2. The van der Waals surface area contributed by atoms with Gasteiger partial charge in [-0.05, 0) is 18.2 Å². The fraction of sp³-hybridized carbons (Fsp3) is 0.118. The molecule has 1 heterocycles. The summed E-state index contributed by atoms with van der Waals surface area (Å²) in [5.74, 6) is 1.14. The monoisotopic (exact) mass is 325 g/mol. The van der Waals surface area contributed by atoms with Gasteiger partial charge in [0.2, 0.25) is 5.95 Å². The van der Waals surface area contributed by atoms with E-state index >= 15 is 0 Å². The van der Waals surface area contributed by atoms with Crippen molar-refractivity contribution in [1.29, 1.82) is 0 Å². The van der Waals surface area contributed by atoms with Crippen molar-refractivity contribution in [3.63, 3.8) is 0 Å². The summed E-state index contributed by atoms with van der Waals surface area (Å²) in [5, 5.41) is 13.7. The average Bonchev–Trinajstić information content (AvgIpc) is 2.62. The van der Waals surface area contributed by atoms with Crippen molar-refractivity contribution in [2.24, 2.45) is 0 Å². The zero-order chi connectivity index (χ0) is 16.8. The predicted molar refractivity (Wildman–Crippen MR) is 89.8 cm³/mol. The van der Waals surface area contributed by atoms with Crippen LogP contribution in [0.2, 0.25) is 0 Å². The lowest BCUT2D eigenvalue weighted by atomic mass is 10.2. The number of hydrogen-bond acceptors (Lipinski definition) is 6. The van der Waals surface area contributed by atoms with E-state index in [1.165, 1.54) is 12.3 Å². The molecule has 0 fully saturated rings. The number of para-hydroxylation sites is 2. The number of halogens is 1. The van der Waals surface area contributed by atoms with Gasteiger partial charge in [-0.15, -0.1) is 5.10 Å². The molecule has 0 saturated carbocycles. The van der Waals surface area contributed by atoms with Crippen LogP contribution in [0.4, 0.5) is 21.8 Å². The van der Waals surface area contributed by atoms with Crippen LogP contribution in [-0.4, -0.2) is 22.3 Å². The third-order valence-corrected chi connectivity index (χ3v) is 3.33. The quantitative estimate of drug-likeness (QED) is 0.724. The van der Waals surface area contributed by atoms with Crippen LogP contribution in [0.1, 0.15) is 5.56 Å². The van der Waals surface area contributed by atoms with Gasteiger partial charge in [-0.1, -0.05) is 30.3 Å². The smallest absolute Gasteiger partial charge is 0.249 e. The highest BCUT2D eigenvalue weighted by molar-refractivity contribution is 5.54. The fourth-order valence-electron chi connectivity index (χ4n) is 2.16. The molecule has 0 amide bonds. The first-order valence-corrected chi connectivity index (χ1v) is 7.33. The highest BCUT2D eigenvalue weighted by Gasteiger charge is 2.06. The summed E-state index contributed by atoms with van der Waals surface area (Å²) < 4.78 is 19.0. The molecular formula is C17H16FN5O. The Hall–Kier alpha value is -3.22. The van der Waals surface area contributed by atoms with E-state index in [0.29, 0.717) is 18.1 Å². The third kappa shape index (κ3) is 3.75. The number of nitrogens with zero attached hydrogens (tertiary/aromatic N) is 3. The van der Waals surface area contributed by atoms with Gasteiger partial charge in [0.1, 0.15) is 11.6 Å². The van der Waals surface area contributed by atoms with Crippen molar-refractivity contribution < 1.29 is 9.13 Å². The van der Waals surface area contributed by atoms with Crippen LogP contribution in [0, 0.1) is 5.82 Å². The van der Waals surface area contributed by atoms with Crippen molar-refractivity contribution in [1.82, 2.24) is 15.2 Å². The van der Waals surface area contributed by atoms with Crippen molar-refractivity contribution in [2.45, 2.75) is 6.54 Å². The summed E-state index contributed by atoms with van der Waals surface area (Å²) in [4.78, 5) is 4.28. The van der Waals surface area contributed by atoms with Gasteiger partial charge in [-0.2, -0.15) is 10.1 Å². The number of aromatic nitrogens is 3. The van der Waals surface area contributed by atoms with Crippen LogP contribution in [0.5, 0.6) is 5.75 Å². The Morgan fingerprint density at radius 2 is 1.88 bits per heavy atom. The summed E-state index contributed by atoms with van der Waals surface area (Å²) in [7, 11) is 1.63. The molecule has 0 atom stereocenters. The van der Waals surface area contributed by atoms with E-state index in [9.17, 15) is 4.39 Å². The topological polar surface area (TPSA) is 72.0 Å². The van der Waals surface area contributed by atoms with Crippen LogP contribution in [0.25, 0.3) is 0 Å². The van der Waals surface area contributed by atoms with E-state index in [1.54, 1.807) is 25.3 Å². The zero-order valence-corrected chi connectivity index (χ0v) is 13.0. The Morgan fingerprint density at radius 1 is 1.08 bits per heavy atom. The van der Waals surface area contributed by atoms with Crippen molar-refractivity contribution in [3.05, 3.63) is 66.1 Å². The standard InChI is InChI=1S/C17H16FN5O/c1-24-15-9-5-2-6-12(15)10-19-16-11-20-23-17(22-16)21-14-8-4-3-7-13(14)18/h2-9,11H,10H2,1H3,(H2,19,21,22,23). The minimum Gasteiger partial charge on any atom is -0.496 e. The van der Waals surface area contributed by atoms with Gasteiger partial charge in [0.25, 0.3) is 0 Å². The van der Waals surface area contributed by atoms with Gasteiger partial charge in [0.15, 0.2) is 5.82 Å². The molecule has 0 unspecified atom stereocenters. The molecule has 0 spiro atoms. The van der Waals surface area contributed by atoms with E-state index in [4.69, 9.17) is 4.74 Å². The molecule has 122 valence electrons. The van der Waals surface area contributed by atoms with E-state index in [1.807, 2.05) is 24.3 Å². The minimum absolute atomic E-state index is 0.213. The van der Waals surface area contributed by atoms with Gasteiger partial charge in [0.05, 0.1) is 19.0 Å². The highest BCUT2D eigenvalue weighted by Crippen LogP contribution is 2.19. The van der Waals surface area contributed by atoms with E-state index in [-0.39, 0.29) is 11.8 Å². The number of benzene rings is 2. The maximum Gasteiger partial charge on any atom is 0.249 e. The Kier molecular flexibility index (Phi) is 4.81. The van der Waals surface area contributed by atoms with Gasteiger partial charge >= 0.3 is 0 Å². The molecule has 0 aliphatic carbocycles. The molecular weight excluding hydrogens is 309 g/mol. The number of nitrogens with one attached hydrogen (secondary N) is 2. The van der Waals surface area contributed by atoms with Crippen LogP contribution in [0.15, 0.2) is 54.7 Å². The van der Waals surface area contributed by atoms with Crippen molar-refractivity contribution >= 4 is 17.5 Å². The largest absolute Gasteiger partial charge is 0.496 e. The maximum absolute atomic E-state index is 13.7. The van der Waals surface area contributed by atoms with Crippen LogP contribution < -0.4 is 15.4 Å². The SMILES string of the molecule is COc1ccccc1CNc1cnnc(Nc2ccccc2F)n1. The summed E-state index contributed by atoms with van der Waals surface area (Å²) in [6.45, 7) is 0.516. The second kappa shape index (κ2) is 7.36. The molecule has 2 N–H and O–H groups in total. The molecule has 0 bridgehead atoms. The molecule has 0 saturated heterocycles. The zero-order valence-electron chi connectivity index (χ0n) is 13.0. The first kappa shape index (κ1) is 15.7. The summed E-state index contributed by atoms with van der Waals surface area (Å²) in [6.07, 6.45) is 1.50. The molecule has 0 aliphatic rings. The van der Waals surface area contributed by atoms with Gasteiger partial charge in [0, 0.05) is 12.1 Å². The molecule has 24 heavy (non-hydrogen) atoms. The molecule has 3 rings (SSSR count). The predicted octanol–water partition coefficient (Wildman–Crippen LogP) is 3.38. The van der Waals surface area contributed by atoms with E-state index in [2.05, 4.69) is 25.8 Å². The second-order valence-electron chi connectivity index (χ2n) is 4.94. The molecule has 7 heteroatoms. The molecule has 1 aromatic heterocycles. The highest BCUT2D eigenvalue weighted by atomic mass is 19.1. The van der Waals surface area contributed by atoms with Crippen molar-refractivity contribution in [3.8, 4) is 5.75 Å². The Labute approximate surface area is 138 Å². The number of hydrogen-bond donors (Lipinski definition) is 2. The number of rotatable bonds is 6. The number of methoxy groups -OCH3 is 1. The first-order chi connectivity index (χ1) is 11.8. The molecule has 3 aromatic rings. The molecule has 6 nitrogen and oxygen atoms in total.